The molecule has 1 saturated carbocycles. The predicted molar refractivity (Wildman–Crippen MR) is 80.9 cm³/mol. The van der Waals surface area contributed by atoms with Gasteiger partial charge in [0.25, 0.3) is 0 Å². The largest absolute Gasteiger partial charge is 0.392 e. The van der Waals surface area contributed by atoms with E-state index in [9.17, 15) is 4.79 Å². The Kier molecular flexibility index (Phi) is 4.16. The van der Waals surface area contributed by atoms with Gasteiger partial charge in [-0.05, 0) is 51.7 Å². The minimum Gasteiger partial charge on any atom is -0.392 e. The molecule has 2 fully saturated rings. The molecular formula is C14H25N3OS. The minimum atomic E-state index is -0.549. The number of nitrogens with two attached hydrogens (primary N) is 1. The molecule has 0 atom stereocenters. The van der Waals surface area contributed by atoms with E-state index in [0.717, 1.165) is 38.8 Å². The van der Waals surface area contributed by atoms with Crippen LogP contribution in [-0.2, 0) is 4.79 Å². The molecule has 0 radical (unpaired) electrons. The fraction of sp³-hybridized carbons (Fsp3) is 0.857. The maximum atomic E-state index is 12.8. The van der Waals surface area contributed by atoms with E-state index in [2.05, 4.69) is 18.9 Å². The fourth-order valence-electron chi connectivity index (χ4n) is 3.50. The topological polar surface area (TPSA) is 49.6 Å². The molecule has 1 aliphatic carbocycles. The number of carbonyl (C=O) groups excluding carboxylic acids is 1. The Morgan fingerprint density at radius 1 is 1.37 bits per heavy atom. The summed E-state index contributed by atoms with van der Waals surface area (Å²) in [6.07, 6.45) is 3.72. The van der Waals surface area contributed by atoms with E-state index in [4.69, 9.17) is 18.0 Å². The lowest BCUT2D eigenvalue weighted by Crippen LogP contribution is -2.58. The summed E-state index contributed by atoms with van der Waals surface area (Å²) in [6, 6.07) is 0.339. The van der Waals surface area contributed by atoms with Crippen molar-refractivity contribution in [3.63, 3.8) is 0 Å². The molecule has 1 saturated heterocycles. The lowest BCUT2D eigenvalue weighted by Gasteiger charge is -2.48. The molecular weight excluding hydrogens is 258 g/mol. The number of hydrogen-bond donors (Lipinski definition) is 1. The summed E-state index contributed by atoms with van der Waals surface area (Å²) in [6.45, 7) is 4.26. The Bertz CT molecular complexity index is 371. The molecule has 0 aromatic heterocycles. The van der Waals surface area contributed by atoms with Crippen LogP contribution in [0.2, 0.25) is 0 Å². The maximum Gasteiger partial charge on any atom is 0.235 e. The van der Waals surface area contributed by atoms with E-state index in [-0.39, 0.29) is 5.91 Å². The van der Waals surface area contributed by atoms with E-state index >= 15 is 0 Å². The lowest BCUT2D eigenvalue weighted by molar-refractivity contribution is -0.145. The van der Waals surface area contributed by atoms with Crippen molar-refractivity contribution in [1.29, 1.82) is 0 Å². The second kappa shape index (κ2) is 5.37. The van der Waals surface area contributed by atoms with Gasteiger partial charge in [0, 0.05) is 13.1 Å². The Labute approximate surface area is 121 Å². The van der Waals surface area contributed by atoms with Gasteiger partial charge in [0.05, 0.1) is 10.4 Å². The summed E-state index contributed by atoms with van der Waals surface area (Å²) < 4.78 is 0. The van der Waals surface area contributed by atoms with Gasteiger partial charge in [0.15, 0.2) is 0 Å². The summed E-state index contributed by atoms with van der Waals surface area (Å²) in [5, 5.41) is 0. The first kappa shape index (κ1) is 14.7. The molecule has 0 bridgehead atoms. The summed E-state index contributed by atoms with van der Waals surface area (Å²) in [5.41, 5.74) is 5.31. The predicted octanol–water partition coefficient (Wildman–Crippen LogP) is 1.24. The molecule has 0 spiro atoms. The van der Waals surface area contributed by atoms with Crippen molar-refractivity contribution in [3.05, 3.63) is 0 Å². The fourth-order valence-corrected chi connectivity index (χ4v) is 3.75. The van der Waals surface area contributed by atoms with Crippen LogP contribution in [0.4, 0.5) is 0 Å². The highest BCUT2D eigenvalue weighted by Gasteiger charge is 2.52. The van der Waals surface area contributed by atoms with Crippen LogP contribution in [0.5, 0.6) is 0 Å². The van der Waals surface area contributed by atoms with Crippen LogP contribution in [0.25, 0.3) is 0 Å². The maximum absolute atomic E-state index is 12.8. The third kappa shape index (κ3) is 2.63. The highest BCUT2D eigenvalue weighted by Crippen LogP contribution is 2.47. The summed E-state index contributed by atoms with van der Waals surface area (Å²) >= 11 is 5.17. The number of carbonyl (C=O) groups is 1. The molecule has 0 unspecified atom stereocenters. The molecule has 0 aromatic rings. The standard InChI is InChI=1S/C14H25N3OS/c1-10-8-14(9-10,12(15)19)13(18)17(3)11-4-6-16(2)7-5-11/h10-11H,4-9H2,1-3H3,(H2,15,19). The summed E-state index contributed by atoms with van der Waals surface area (Å²) in [5.74, 6) is 0.698. The Hall–Kier alpha value is -0.680. The molecule has 1 amide bonds. The van der Waals surface area contributed by atoms with Crippen molar-refractivity contribution >= 4 is 23.1 Å². The van der Waals surface area contributed by atoms with Gasteiger partial charge in [-0.15, -0.1) is 0 Å². The first-order valence-electron chi connectivity index (χ1n) is 7.12. The third-order valence-electron chi connectivity index (χ3n) is 4.83. The van der Waals surface area contributed by atoms with Crippen LogP contribution in [0.3, 0.4) is 0 Å². The van der Waals surface area contributed by atoms with E-state index in [1.54, 1.807) is 0 Å². The average Bonchev–Trinajstić information content (AvgIpc) is 2.33. The van der Waals surface area contributed by atoms with E-state index in [1.165, 1.54) is 0 Å². The van der Waals surface area contributed by atoms with E-state index < -0.39 is 5.41 Å². The highest BCUT2D eigenvalue weighted by molar-refractivity contribution is 7.80. The molecule has 2 aliphatic rings. The molecule has 5 heteroatoms. The van der Waals surface area contributed by atoms with Crippen LogP contribution >= 0.6 is 12.2 Å². The number of piperidine rings is 1. The van der Waals surface area contributed by atoms with Crippen LogP contribution < -0.4 is 5.73 Å². The quantitative estimate of drug-likeness (QED) is 0.792. The lowest BCUT2D eigenvalue weighted by atomic mass is 9.61. The van der Waals surface area contributed by atoms with E-state index in [0.29, 0.717) is 16.9 Å². The van der Waals surface area contributed by atoms with Crippen LogP contribution in [0, 0.1) is 11.3 Å². The minimum absolute atomic E-state index is 0.146. The third-order valence-corrected chi connectivity index (χ3v) is 5.22. The molecule has 108 valence electrons. The summed E-state index contributed by atoms with van der Waals surface area (Å²) in [7, 11) is 4.05. The second-order valence-electron chi connectivity index (χ2n) is 6.41. The zero-order chi connectivity index (χ0) is 14.2. The van der Waals surface area contributed by atoms with Crippen molar-refractivity contribution in [1.82, 2.24) is 9.80 Å². The van der Waals surface area contributed by atoms with Crippen LogP contribution in [0.1, 0.15) is 32.6 Å². The van der Waals surface area contributed by atoms with Crippen molar-refractivity contribution < 1.29 is 4.79 Å². The summed E-state index contributed by atoms with van der Waals surface area (Å²) in [4.78, 5) is 17.4. The molecule has 19 heavy (non-hydrogen) atoms. The molecule has 0 aromatic carbocycles. The number of nitrogens with zero attached hydrogens (tertiary/aromatic N) is 2. The van der Waals surface area contributed by atoms with Crippen LogP contribution in [-0.4, -0.2) is 53.9 Å². The van der Waals surface area contributed by atoms with Gasteiger partial charge in [-0.1, -0.05) is 19.1 Å². The molecule has 1 heterocycles. The van der Waals surface area contributed by atoms with E-state index in [1.807, 2.05) is 11.9 Å². The molecule has 1 aliphatic heterocycles. The average molecular weight is 283 g/mol. The Morgan fingerprint density at radius 3 is 2.32 bits per heavy atom. The van der Waals surface area contributed by atoms with Gasteiger partial charge in [-0.3, -0.25) is 4.79 Å². The number of rotatable bonds is 3. The number of thiocarbonyl (C=S) groups is 1. The van der Waals surface area contributed by atoms with Crippen LogP contribution in [0.15, 0.2) is 0 Å². The number of amides is 1. The van der Waals surface area contributed by atoms with Gasteiger partial charge >= 0.3 is 0 Å². The first-order chi connectivity index (χ1) is 8.86. The molecule has 4 nitrogen and oxygen atoms in total. The molecule has 2 rings (SSSR count). The smallest absolute Gasteiger partial charge is 0.235 e. The SMILES string of the molecule is CC1CC(C(=O)N(C)C2CCN(C)CC2)(C(N)=S)C1. The van der Waals surface area contributed by atoms with Gasteiger partial charge < -0.3 is 15.5 Å². The van der Waals surface area contributed by atoms with Gasteiger partial charge in [-0.25, -0.2) is 0 Å². The van der Waals surface area contributed by atoms with Crippen molar-refractivity contribution in [3.8, 4) is 0 Å². The molecule has 2 N–H and O–H groups in total. The van der Waals surface area contributed by atoms with Gasteiger partial charge in [0.1, 0.15) is 0 Å². The van der Waals surface area contributed by atoms with Crippen molar-refractivity contribution in [2.75, 3.05) is 27.2 Å². The normalized spacial score (nSPS) is 32.7. The highest BCUT2D eigenvalue weighted by atomic mass is 32.1. The zero-order valence-electron chi connectivity index (χ0n) is 12.2. The monoisotopic (exact) mass is 283 g/mol. The second-order valence-corrected chi connectivity index (χ2v) is 6.85. The van der Waals surface area contributed by atoms with Crippen molar-refractivity contribution in [2.45, 2.75) is 38.6 Å². The Balaban J connectivity index is 2.04. The van der Waals surface area contributed by atoms with Gasteiger partial charge in [0.2, 0.25) is 5.91 Å². The van der Waals surface area contributed by atoms with Crippen molar-refractivity contribution in [2.24, 2.45) is 17.1 Å². The Morgan fingerprint density at radius 2 is 1.89 bits per heavy atom. The number of hydrogen-bond acceptors (Lipinski definition) is 3. The van der Waals surface area contributed by atoms with Gasteiger partial charge in [-0.2, -0.15) is 0 Å². The number of likely N-dealkylation sites (tertiary alicyclic amines) is 1. The first-order valence-corrected chi connectivity index (χ1v) is 7.53. The zero-order valence-corrected chi connectivity index (χ0v) is 13.0.